The molecule has 70 heavy (non-hydrogen) atoms. The van der Waals surface area contributed by atoms with Gasteiger partial charge in [-0.3, -0.25) is 9.59 Å². The second kappa shape index (κ2) is 41.9. The quantitative estimate of drug-likeness (QED) is 0.0173. The molecule has 0 aromatic rings. The average Bonchev–Trinajstić information content (AvgIpc) is 3.35. The van der Waals surface area contributed by atoms with Crippen LogP contribution >= 0.6 is 0 Å². The molecule has 2 rings (SSSR count). The van der Waals surface area contributed by atoms with Crippen molar-refractivity contribution in [3.63, 3.8) is 0 Å². The van der Waals surface area contributed by atoms with Crippen molar-refractivity contribution in [2.75, 3.05) is 26.4 Å². The molecule has 0 aliphatic carbocycles. The summed E-state index contributed by atoms with van der Waals surface area (Å²) in [5.41, 5.74) is 0. The summed E-state index contributed by atoms with van der Waals surface area (Å²) in [5.74, 6) is -0.945. The Balaban J connectivity index is 1.79. The van der Waals surface area contributed by atoms with E-state index in [0.29, 0.717) is 12.8 Å². The Bertz CT molecular complexity index is 1400. The highest BCUT2D eigenvalue weighted by molar-refractivity contribution is 5.70. The number of hydrogen-bond acceptors (Lipinski definition) is 15. The van der Waals surface area contributed by atoms with Gasteiger partial charge in [-0.15, -0.1) is 0 Å². The number of hydrogen-bond donors (Lipinski definition) is 7. The Labute approximate surface area is 420 Å². The third-order valence-electron chi connectivity index (χ3n) is 12.8. The summed E-state index contributed by atoms with van der Waals surface area (Å²) < 4.78 is 33.6. The summed E-state index contributed by atoms with van der Waals surface area (Å²) in [7, 11) is 0. The Morgan fingerprint density at radius 2 is 0.857 bits per heavy atom. The van der Waals surface area contributed by atoms with E-state index in [4.69, 9.17) is 28.4 Å². The zero-order chi connectivity index (χ0) is 51.0. The highest BCUT2D eigenvalue weighted by atomic mass is 16.7. The molecule has 15 heteroatoms. The van der Waals surface area contributed by atoms with Crippen LogP contribution in [-0.2, 0) is 38.0 Å². The number of rotatable bonds is 42. The van der Waals surface area contributed by atoms with E-state index in [1.807, 2.05) is 0 Å². The lowest BCUT2D eigenvalue weighted by Crippen LogP contribution is -2.61. The molecule has 0 saturated carbocycles. The molecule has 0 radical (unpaired) electrons. The van der Waals surface area contributed by atoms with E-state index in [9.17, 15) is 45.3 Å². The highest BCUT2D eigenvalue weighted by Gasteiger charge is 2.47. The maximum Gasteiger partial charge on any atom is 0.306 e. The summed E-state index contributed by atoms with van der Waals surface area (Å²) in [6.45, 7) is 2.53. The van der Waals surface area contributed by atoms with Crippen molar-refractivity contribution >= 4 is 11.9 Å². The van der Waals surface area contributed by atoms with E-state index >= 15 is 0 Å². The standard InChI is InChI=1S/C55H96O15/c1-3-5-7-9-11-13-15-17-19-20-21-22-24-25-27-29-31-33-35-37-46(57)65-40-43(68-47(58)38-36-34-32-30-28-26-23-18-16-14-12-10-8-6-4-2)41-66-54-53(64)51(62)49(60)45(70-54)42-67-55-52(63)50(61)48(59)44(39-56)69-55/h11-14,17-19,23,43-45,48-56,59-64H,3-10,15-16,20-22,24-42H2,1-2H3/b13-11+,14-12+,19-17+,23-18+/t43-,44+,45+,48-,49-,50?,51?,52?,53?,54+,55+/m0/s1. The van der Waals surface area contributed by atoms with Crippen molar-refractivity contribution in [1.82, 2.24) is 0 Å². The van der Waals surface area contributed by atoms with Crippen LogP contribution in [0.2, 0.25) is 0 Å². The van der Waals surface area contributed by atoms with Crippen LogP contribution in [0, 0.1) is 0 Å². The number of carbonyl (C=O) groups excluding carboxylic acids is 2. The van der Waals surface area contributed by atoms with Gasteiger partial charge in [0.2, 0.25) is 0 Å². The molecule has 0 spiro atoms. The normalized spacial score (nSPS) is 25.7. The van der Waals surface area contributed by atoms with Crippen molar-refractivity contribution in [3.05, 3.63) is 48.6 Å². The molecular formula is C55H96O15. The summed E-state index contributed by atoms with van der Waals surface area (Å²) in [6.07, 6.45) is 29.8. The second-order valence-corrected chi connectivity index (χ2v) is 19.0. The first-order valence-corrected chi connectivity index (χ1v) is 27.2. The van der Waals surface area contributed by atoms with Crippen LogP contribution in [0.4, 0.5) is 0 Å². The Morgan fingerprint density at radius 3 is 1.33 bits per heavy atom. The van der Waals surface area contributed by atoms with Crippen molar-refractivity contribution in [3.8, 4) is 0 Å². The van der Waals surface area contributed by atoms with Crippen LogP contribution in [0.5, 0.6) is 0 Å². The molecule has 0 aromatic carbocycles. The van der Waals surface area contributed by atoms with Gasteiger partial charge in [0.05, 0.1) is 19.8 Å². The molecule has 2 heterocycles. The molecule has 2 saturated heterocycles. The van der Waals surface area contributed by atoms with Crippen LogP contribution in [0.1, 0.15) is 194 Å². The molecule has 0 amide bonds. The SMILES string of the molecule is CCCCC/C=C/C/C=C/CCCCCCCCCCCC(=O)OC[C@@H](CO[C@@H]1O[C@H](CO[C@@H]2O[C@H](CO)[C@H](O)C(O)C2O)[C@H](O)C(O)C1O)OC(=O)CCCCCCC/C=C/C/C=C/CCCCC. The van der Waals surface area contributed by atoms with Crippen LogP contribution in [-0.4, -0.2) is 142 Å². The lowest BCUT2D eigenvalue weighted by atomic mass is 9.98. The van der Waals surface area contributed by atoms with Crippen molar-refractivity contribution in [2.24, 2.45) is 0 Å². The van der Waals surface area contributed by atoms with Crippen LogP contribution in [0.3, 0.4) is 0 Å². The minimum Gasteiger partial charge on any atom is -0.462 e. The summed E-state index contributed by atoms with van der Waals surface area (Å²) in [4.78, 5) is 25.8. The Morgan fingerprint density at radius 1 is 0.457 bits per heavy atom. The topological polar surface area (TPSA) is 231 Å². The molecule has 2 aliphatic rings. The fourth-order valence-corrected chi connectivity index (χ4v) is 8.28. The number of allylic oxidation sites excluding steroid dienone is 8. The summed E-state index contributed by atoms with van der Waals surface area (Å²) in [5, 5.41) is 72.2. The highest BCUT2D eigenvalue weighted by Crippen LogP contribution is 2.26. The second-order valence-electron chi connectivity index (χ2n) is 19.0. The smallest absolute Gasteiger partial charge is 0.306 e. The number of carbonyl (C=O) groups is 2. The van der Waals surface area contributed by atoms with Crippen molar-refractivity contribution in [1.29, 1.82) is 0 Å². The lowest BCUT2D eigenvalue weighted by molar-refractivity contribution is -0.332. The molecule has 2 fully saturated rings. The molecular weight excluding hydrogens is 901 g/mol. The van der Waals surface area contributed by atoms with Gasteiger partial charge in [0.25, 0.3) is 0 Å². The van der Waals surface area contributed by atoms with Gasteiger partial charge in [-0.1, -0.05) is 152 Å². The first kappa shape index (κ1) is 63.6. The molecule has 4 unspecified atom stereocenters. The summed E-state index contributed by atoms with van der Waals surface area (Å²) >= 11 is 0. The third kappa shape index (κ3) is 29.2. The van der Waals surface area contributed by atoms with Gasteiger partial charge in [-0.05, 0) is 77.0 Å². The van der Waals surface area contributed by atoms with Gasteiger partial charge in [0.15, 0.2) is 18.7 Å². The molecule has 0 aromatic heterocycles. The van der Waals surface area contributed by atoms with Gasteiger partial charge >= 0.3 is 11.9 Å². The molecule has 0 bridgehead atoms. The van der Waals surface area contributed by atoms with E-state index in [1.54, 1.807) is 0 Å². The molecule has 406 valence electrons. The Hall–Kier alpha value is -2.54. The number of aliphatic hydroxyl groups excluding tert-OH is 7. The van der Waals surface area contributed by atoms with E-state index < -0.39 is 92.7 Å². The van der Waals surface area contributed by atoms with Crippen molar-refractivity contribution < 1.29 is 73.8 Å². The van der Waals surface area contributed by atoms with Crippen molar-refractivity contribution in [2.45, 2.75) is 261 Å². The van der Waals surface area contributed by atoms with Crippen LogP contribution in [0.25, 0.3) is 0 Å². The van der Waals surface area contributed by atoms with Gasteiger partial charge in [-0.2, -0.15) is 0 Å². The van der Waals surface area contributed by atoms with E-state index in [2.05, 4.69) is 62.5 Å². The fourth-order valence-electron chi connectivity index (χ4n) is 8.28. The fraction of sp³-hybridized carbons (Fsp3) is 0.818. The van der Waals surface area contributed by atoms with Gasteiger partial charge in [-0.25, -0.2) is 0 Å². The van der Waals surface area contributed by atoms with Crippen LogP contribution < -0.4 is 0 Å². The van der Waals surface area contributed by atoms with E-state index in [0.717, 1.165) is 77.0 Å². The molecule has 7 N–H and O–H groups in total. The predicted molar refractivity (Wildman–Crippen MR) is 270 cm³/mol. The zero-order valence-electron chi connectivity index (χ0n) is 43.0. The lowest BCUT2D eigenvalue weighted by Gasteiger charge is -2.42. The minimum absolute atomic E-state index is 0.147. The largest absolute Gasteiger partial charge is 0.462 e. The van der Waals surface area contributed by atoms with E-state index in [1.165, 1.54) is 77.0 Å². The van der Waals surface area contributed by atoms with Crippen LogP contribution in [0.15, 0.2) is 48.6 Å². The number of ether oxygens (including phenoxy) is 6. The van der Waals surface area contributed by atoms with Gasteiger partial charge in [0.1, 0.15) is 55.4 Å². The third-order valence-corrected chi connectivity index (χ3v) is 12.8. The zero-order valence-corrected chi connectivity index (χ0v) is 43.0. The van der Waals surface area contributed by atoms with Gasteiger partial charge < -0.3 is 64.2 Å². The average molecular weight is 997 g/mol. The number of esters is 2. The van der Waals surface area contributed by atoms with Gasteiger partial charge in [0, 0.05) is 12.8 Å². The summed E-state index contributed by atoms with van der Waals surface area (Å²) in [6, 6.07) is 0. The first-order valence-electron chi connectivity index (χ1n) is 27.2. The number of unbranched alkanes of at least 4 members (excludes halogenated alkanes) is 20. The maximum atomic E-state index is 13.0. The first-order chi connectivity index (χ1) is 34.0. The maximum absolute atomic E-state index is 13.0. The Kier molecular flexibility index (Phi) is 38.0. The number of aliphatic hydroxyl groups is 7. The molecule has 2 aliphatic heterocycles. The minimum atomic E-state index is -1.77. The monoisotopic (exact) mass is 997 g/mol. The predicted octanol–water partition coefficient (Wildman–Crippen LogP) is 8.27. The van der Waals surface area contributed by atoms with E-state index in [-0.39, 0.29) is 26.1 Å². The molecule has 11 atom stereocenters. The molecule has 15 nitrogen and oxygen atoms in total.